The van der Waals surface area contributed by atoms with Gasteiger partial charge < -0.3 is 9.05 Å². The number of Topliss-reactive ketones (excluding diaryl/α,β-unsaturated/α-hetero) is 1. The van der Waals surface area contributed by atoms with Crippen molar-refractivity contribution in [2.75, 3.05) is 13.2 Å². The van der Waals surface area contributed by atoms with E-state index < -0.39 is 11.5 Å². The largest absolute Gasteiger partial charge is 0.390 e. The van der Waals surface area contributed by atoms with Crippen LogP contribution in [0.1, 0.15) is 48.0 Å². The third-order valence-corrected chi connectivity index (χ3v) is 7.39. The summed E-state index contributed by atoms with van der Waals surface area (Å²) in [4.78, 5) is 12.2. The lowest BCUT2D eigenvalue weighted by molar-refractivity contribution is -0.123. The highest BCUT2D eigenvalue weighted by Gasteiger charge is 2.42. The van der Waals surface area contributed by atoms with Gasteiger partial charge in [0.05, 0.1) is 18.0 Å². The minimum absolute atomic E-state index is 0.0784. The summed E-state index contributed by atoms with van der Waals surface area (Å²) in [5.74, 6) is -0.0196. The van der Waals surface area contributed by atoms with Crippen molar-refractivity contribution in [2.45, 2.75) is 52.7 Å². The van der Waals surface area contributed by atoms with Gasteiger partial charge in [0.15, 0.2) is 5.78 Å². The van der Waals surface area contributed by atoms with Gasteiger partial charge in [0.2, 0.25) is 0 Å². The van der Waals surface area contributed by atoms with Crippen molar-refractivity contribution >= 4 is 24.0 Å². The predicted molar refractivity (Wildman–Crippen MR) is 77.0 cm³/mol. The number of carbonyl (C=O) groups excluding carboxylic acids is 1. The number of hydrogen-bond acceptors (Lipinski definition) is 5. The molecule has 0 rings (SSSR count). The van der Waals surface area contributed by atoms with Crippen molar-refractivity contribution in [3.63, 3.8) is 0 Å². The smallest absolute Gasteiger partial charge is 0.301 e. The Morgan fingerprint density at radius 3 is 1.94 bits per heavy atom. The van der Waals surface area contributed by atoms with Crippen LogP contribution < -0.4 is 0 Å². The number of rotatable bonds is 9. The molecule has 0 amide bonds. The van der Waals surface area contributed by atoms with Crippen molar-refractivity contribution in [3.8, 4) is 0 Å². The van der Waals surface area contributed by atoms with E-state index in [1.165, 1.54) is 0 Å². The number of hydrogen-bond donors (Lipinski definition) is 0. The van der Waals surface area contributed by atoms with Gasteiger partial charge in [-0.15, -0.1) is 0 Å². The molecule has 0 spiro atoms. The van der Waals surface area contributed by atoms with Crippen LogP contribution in [0, 0.1) is 5.92 Å². The molecule has 0 aliphatic carbocycles. The third kappa shape index (κ3) is 5.04. The van der Waals surface area contributed by atoms with E-state index in [4.69, 9.17) is 9.05 Å². The molecule has 0 fully saturated rings. The summed E-state index contributed by atoms with van der Waals surface area (Å²) in [6.07, 6.45) is 0.596. The summed E-state index contributed by atoms with van der Waals surface area (Å²) in [6.45, 7) is 8.31. The van der Waals surface area contributed by atoms with Crippen LogP contribution >= 0.6 is 18.2 Å². The first-order valence-electron chi connectivity index (χ1n) is 6.38. The lowest BCUT2D eigenvalue weighted by Crippen LogP contribution is -2.34. The molecule has 0 aromatic rings. The molecule has 0 bridgehead atoms. The second-order valence-corrected chi connectivity index (χ2v) is 8.86. The van der Waals surface area contributed by atoms with Gasteiger partial charge in [0, 0.05) is 5.92 Å². The van der Waals surface area contributed by atoms with Crippen LogP contribution in [0.4, 0.5) is 0 Å². The fourth-order valence-electron chi connectivity index (χ4n) is 1.55. The van der Waals surface area contributed by atoms with Gasteiger partial charge in [-0.05, 0) is 38.6 Å². The molecule has 0 saturated carbocycles. The average Bonchev–Trinajstić information content (AvgIpc) is 2.28. The van der Waals surface area contributed by atoms with E-state index in [1.807, 2.05) is 27.7 Å². The molecule has 0 N–H and O–H groups in total. The molecule has 0 saturated heterocycles. The van der Waals surface area contributed by atoms with Crippen LogP contribution in [0.15, 0.2) is 0 Å². The minimum atomic E-state index is -3.26. The Morgan fingerprint density at radius 1 is 1.22 bits per heavy atom. The zero-order valence-corrected chi connectivity index (χ0v) is 13.9. The Bertz CT molecular complexity index is 309. The van der Waals surface area contributed by atoms with E-state index in [9.17, 15) is 9.36 Å². The fourth-order valence-corrected chi connectivity index (χ4v) is 6.39. The lowest BCUT2D eigenvalue weighted by Gasteiger charge is -2.30. The molecule has 0 aromatic heterocycles. The lowest BCUT2D eigenvalue weighted by atomic mass is 9.94. The first-order chi connectivity index (χ1) is 8.24. The highest BCUT2D eigenvalue weighted by molar-refractivity contribution is 8.56. The van der Waals surface area contributed by atoms with Gasteiger partial charge in [-0.2, -0.15) is 0 Å². The standard InChI is InChI=1S/C12H25O4PS/c1-7-12(6,11(13)10(4)5)18-17(14,15-8-2)16-9-3/h10H,7-9H2,1-6H3. The minimum Gasteiger partial charge on any atom is -0.301 e. The topological polar surface area (TPSA) is 52.6 Å². The normalized spacial score (nSPS) is 15.7. The van der Waals surface area contributed by atoms with Gasteiger partial charge in [-0.1, -0.05) is 20.8 Å². The van der Waals surface area contributed by atoms with E-state index in [0.717, 1.165) is 11.4 Å². The Hall–Kier alpha value is 0.170. The molecule has 0 heterocycles. The van der Waals surface area contributed by atoms with Gasteiger partial charge in [-0.3, -0.25) is 4.79 Å². The Morgan fingerprint density at radius 2 is 1.67 bits per heavy atom. The summed E-state index contributed by atoms with van der Waals surface area (Å²) in [7, 11) is 0. The molecule has 108 valence electrons. The first-order valence-corrected chi connectivity index (χ1v) is 9.35. The van der Waals surface area contributed by atoms with E-state index in [-0.39, 0.29) is 11.7 Å². The molecule has 0 aliphatic heterocycles. The van der Waals surface area contributed by atoms with Crippen LogP contribution in [-0.2, 0) is 18.4 Å². The zero-order valence-electron chi connectivity index (χ0n) is 12.2. The van der Waals surface area contributed by atoms with Gasteiger partial charge in [-0.25, -0.2) is 4.57 Å². The fraction of sp³-hybridized carbons (Fsp3) is 0.917. The summed E-state index contributed by atoms with van der Waals surface area (Å²) in [5, 5.41) is 0. The first kappa shape index (κ1) is 18.2. The summed E-state index contributed by atoms with van der Waals surface area (Å²) in [6, 6.07) is 0. The molecule has 18 heavy (non-hydrogen) atoms. The van der Waals surface area contributed by atoms with Crippen LogP contribution in [-0.4, -0.2) is 23.7 Å². The van der Waals surface area contributed by atoms with E-state index in [1.54, 1.807) is 13.8 Å². The van der Waals surface area contributed by atoms with Crippen LogP contribution in [0.5, 0.6) is 0 Å². The maximum atomic E-state index is 12.5. The van der Waals surface area contributed by atoms with Crippen molar-refractivity contribution in [1.29, 1.82) is 0 Å². The van der Waals surface area contributed by atoms with E-state index >= 15 is 0 Å². The average molecular weight is 296 g/mol. The molecule has 1 unspecified atom stereocenters. The molecule has 6 heteroatoms. The van der Waals surface area contributed by atoms with Crippen molar-refractivity contribution in [1.82, 2.24) is 0 Å². The maximum absolute atomic E-state index is 12.5. The number of ketones is 1. The summed E-state index contributed by atoms with van der Waals surface area (Å²) in [5.41, 5.74) is 0. The van der Waals surface area contributed by atoms with Crippen LogP contribution in [0.2, 0.25) is 0 Å². The van der Waals surface area contributed by atoms with E-state index in [2.05, 4.69) is 0 Å². The highest BCUT2D eigenvalue weighted by Crippen LogP contribution is 2.66. The van der Waals surface area contributed by atoms with E-state index in [0.29, 0.717) is 19.6 Å². The molecule has 0 aromatic carbocycles. The van der Waals surface area contributed by atoms with Crippen LogP contribution in [0.3, 0.4) is 0 Å². The quantitative estimate of drug-likeness (QED) is 0.594. The third-order valence-electron chi connectivity index (χ3n) is 2.61. The molecule has 0 radical (unpaired) electrons. The Kier molecular flexibility index (Phi) is 7.76. The molecule has 1 atom stereocenters. The second-order valence-electron chi connectivity index (χ2n) is 4.48. The zero-order chi connectivity index (χ0) is 14.4. The predicted octanol–water partition coefficient (Wildman–Crippen LogP) is 4.29. The highest BCUT2D eigenvalue weighted by atomic mass is 32.7. The van der Waals surface area contributed by atoms with Crippen molar-refractivity contribution < 1.29 is 18.4 Å². The maximum Gasteiger partial charge on any atom is 0.390 e. The monoisotopic (exact) mass is 296 g/mol. The van der Waals surface area contributed by atoms with Gasteiger partial charge in [0.25, 0.3) is 0 Å². The van der Waals surface area contributed by atoms with Crippen molar-refractivity contribution in [3.05, 3.63) is 0 Å². The Labute approximate surface area is 114 Å². The summed E-state index contributed by atoms with van der Waals surface area (Å²) < 4.78 is 22.2. The molecule has 0 aliphatic rings. The van der Waals surface area contributed by atoms with Crippen LogP contribution in [0.25, 0.3) is 0 Å². The Balaban J connectivity index is 5.07. The van der Waals surface area contributed by atoms with Gasteiger partial charge in [0.1, 0.15) is 0 Å². The molecular formula is C12H25O4PS. The molecule has 4 nitrogen and oxygen atoms in total. The number of carbonyl (C=O) groups is 1. The second kappa shape index (κ2) is 7.68. The SMILES string of the molecule is CCOP(=O)(OCC)SC(C)(CC)C(=O)C(C)C. The molecular weight excluding hydrogens is 271 g/mol. The van der Waals surface area contributed by atoms with Crippen molar-refractivity contribution in [2.24, 2.45) is 5.92 Å². The van der Waals surface area contributed by atoms with Gasteiger partial charge >= 0.3 is 6.80 Å². The summed E-state index contributed by atoms with van der Waals surface area (Å²) >= 11 is 1.04.